The van der Waals surface area contributed by atoms with Gasteiger partial charge in [-0.15, -0.1) is 11.3 Å². The number of carbonyl (C=O) groups is 3. The number of pyridine rings is 1. The number of amides is 2. The van der Waals surface area contributed by atoms with Crippen LogP contribution < -0.4 is 15.6 Å². The molecule has 3 aliphatic heterocycles. The molecule has 301 valence electrons. The van der Waals surface area contributed by atoms with E-state index in [0.29, 0.717) is 44.0 Å². The van der Waals surface area contributed by atoms with Gasteiger partial charge < -0.3 is 29.2 Å². The van der Waals surface area contributed by atoms with Gasteiger partial charge in [0.05, 0.1) is 51.7 Å². The smallest absolute Gasteiger partial charge is 0.324 e. The molecule has 6 heterocycles. The Hall–Kier alpha value is -4.15. The van der Waals surface area contributed by atoms with Crippen LogP contribution in [0, 0.1) is 17.3 Å². The number of aromatic nitrogens is 3. The van der Waals surface area contributed by atoms with Crippen molar-refractivity contribution in [3.8, 4) is 22.5 Å². The Morgan fingerprint density at radius 2 is 1.89 bits per heavy atom. The van der Waals surface area contributed by atoms with E-state index in [4.69, 9.17) is 19.4 Å². The highest BCUT2D eigenvalue weighted by molar-refractivity contribution is 7.10. The van der Waals surface area contributed by atoms with E-state index in [1.165, 1.54) is 16.3 Å². The zero-order chi connectivity index (χ0) is 40.1. The molecule has 2 N–H and O–H groups in total. The maximum atomic E-state index is 14.4. The Morgan fingerprint density at radius 3 is 2.65 bits per heavy atom. The number of piperazine rings is 1. The lowest BCUT2D eigenvalue weighted by atomic mass is 9.84. The normalized spacial score (nSPS) is 25.6. The number of fused-ring (bicyclic) bond motifs is 6. The van der Waals surface area contributed by atoms with Crippen molar-refractivity contribution in [2.45, 2.75) is 70.6 Å². The summed E-state index contributed by atoms with van der Waals surface area (Å²) in [5.74, 6) is -0.830. The molecule has 13 nitrogen and oxygen atoms in total. The van der Waals surface area contributed by atoms with Crippen molar-refractivity contribution in [2.75, 3.05) is 65.0 Å². The number of thiazole rings is 1. The van der Waals surface area contributed by atoms with Crippen molar-refractivity contribution in [3.05, 3.63) is 52.6 Å². The molecule has 4 aromatic rings. The fourth-order valence-electron chi connectivity index (χ4n) is 8.45. The third-order valence-electron chi connectivity index (χ3n) is 11.9. The Labute approximate surface area is 341 Å². The van der Waals surface area contributed by atoms with Crippen LogP contribution in [0.2, 0.25) is 0 Å². The van der Waals surface area contributed by atoms with E-state index in [2.05, 4.69) is 80.5 Å². The minimum Gasteiger partial charge on any atom is -0.464 e. The third-order valence-corrected chi connectivity index (χ3v) is 13.3. The molecule has 1 saturated carbocycles. The van der Waals surface area contributed by atoms with Gasteiger partial charge in [0.15, 0.2) is 0 Å². The number of hydrogen-bond donors (Lipinski definition) is 2. The van der Waals surface area contributed by atoms with Gasteiger partial charge in [0.2, 0.25) is 5.91 Å². The number of hydrazine groups is 1. The van der Waals surface area contributed by atoms with Crippen molar-refractivity contribution < 1.29 is 23.9 Å². The summed E-state index contributed by atoms with van der Waals surface area (Å²) in [6.45, 7) is 11.9. The third kappa shape index (κ3) is 8.27. The molecule has 15 heteroatoms. The predicted molar refractivity (Wildman–Crippen MR) is 222 cm³/mol. The molecule has 8 rings (SSSR count). The topological polar surface area (TPSA) is 134 Å². The zero-order valence-corrected chi connectivity index (χ0v) is 35.4. The SMILES string of the molecule is COCCn1c(-c2cncc(N3CCN(C)CC3)c2)c2c3cc(ccc31)-c1csc(n1)C[C@@]([Si])(NC(=O)[C@H]1C[C@@H]1C)C(=O)N1CCC[C@H](N1)C(=O)OCC(C)(C)C2. The van der Waals surface area contributed by atoms with Gasteiger partial charge in [-0.3, -0.25) is 24.4 Å². The van der Waals surface area contributed by atoms with E-state index >= 15 is 0 Å². The minimum atomic E-state index is -1.47. The average molecular weight is 810 g/mol. The average Bonchev–Trinajstić information content (AvgIpc) is 3.64. The second kappa shape index (κ2) is 15.9. The number of nitrogens with one attached hydrogen (secondary N) is 2. The van der Waals surface area contributed by atoms with Crippen LogP contribution >= 0.6 is 11.3 Å². The summed E-state index contributed by atoms with van der Waals surface area (Å²) in [7, 11) is 7.66. The number of cyclic esters (lactones) is 1. The molecule has 0 spiro atoms. The Balaban J connectivity index is 1.25. The first kappa shape index (κ1) is 39.7. The highest BCUT2D eigenvalue weighted by Crippen LogP contribution is 2.41. The number of methoxy groups -OCH3 is 1. The number of anilines is 1. The molecule has 6 bridgehead atoms. The standard InChI is InChI=1S/C42H53N8O5SSi/c1-26-17-30(26)38(51)45-42(57)21-36-44-34(24-56-36)27-8-9-35-31(19-27)32(20-41(2,3)25-55-39(52)33-7-6-10-50(46-33)40(42)53)37(49(35)15-16-54-5)28-18-29(23-43-22-28)48-13-11-47(4)12-14-48/h8-9,18-19,22-24,26,30,33,46H,6-7,10-17,20-21,25H2,1-5H3,(H,45,51)/t26-,30-,33-,42-/m0/s1. The number of hydrogen-bond acceptors (Lipinski definition) is 11. The molecular weight excluding hydrogens is 757 g/mol. The number of nitrogens with zero attached hydrogens (tertiary/aromatic N) is 6. The van der Waals surface area contributed by atoms with E-state index in [9.17, 15) is 14.4 Å². The second-order valence-corrected chi connectivity index (χ2v) is 19.0. The quantitative estimate of drug-likeness (QED) is 0.208. The summed E-state index contributed by atoms with van der Waals surface area (Å²) in [6.07, 6.45) is 6.57. The van der Waals surface area contributed by atoms with Gasteiger partial charge in [0.25, 0.3) is 5.91 Å². The summed E-state index contributed by atoms with van der Waals surface area (Å²) in [5.41, 5.74) is 9.82. The molecule has 3 fully saturated rings. The summed E-state index contributed by atoms with van der Waals surface area (Å²) in [6, 6.07) is 8.01. The molecule has 1 aliphatic carbocycles. The van der Waals surface area contributed by atoms with Gasteiger partial charge in [-0.1, -0.05) is 26.8 Å². The number of benzene rings is 1. The van der Waals surface area contributed by atoms with Crippen LogP contribution in [0.15, 0.2) is 42.0 Å². The number of esters is 1. The molecule has 2 amide bonds. The molecule has 4 aliphatic rings. The fraction of sp³-hybridized carbons (Fsp3) is 0.548. The maximum absolute atomic E-state index is 14.4. The molecule has 2 saturated heterocycles. The van der Waals surface area contributed by atoms with Gasteiger partial charge in [0.1, 0.15) is 11.2 Å². The van der Waals surface area contributed by atoms with Crippen LogP contribution in [-0.2, 0) is 43.2 Å². The first-order valence-electron chi connectivity index (χ1n) is 20.1. The van der Waals surface area contributed by atoms with Crippen LogP contribution in [0.4, 0.5) is 5.69 Å². The van der Waals surface area contributed by atoms with E-state index in [1.807, 2.05) is 24.7 Å². The van der Waals surface area contributed by atoms with Gasteiger partial charge >= 0.3 is 5.97 Å². The molecule has 0 unspecified atom stereocenters. The zero-order valence-electron chi connectivity index (χ0n) is 33.6. The molecule has 4 atom stereocenters. The number of ether oxygens (including phenoxy) is 2. The van der Waals surface area contributed by atoms with Gasteiger partial charge in [-0.05, 0) is 62.4 Å². The van der Waals surface area contributed by atoms with Crippen LogP contribution in [0.1, 0.15) is 50.6 Å². The van der Waals surface area contributed by atoms with Crippen LogP contribution in [0.5, 0.6) is 0 Å². The van der Waals surface area contributed by atoms with Crippen molar-refractivity contribution in [2.24, 2.45) is 17.3 Å². The Morgan fingerprint density at radius 1 is 1.11 bits per heavy atom. The van der Waals surface area contributed by atoms with E-state index < -0.39 is 22.6 Å². The van der Waals surface area contributed by atoms with Crippen molar-refractivity contribution >= 4 is 56.0 Å². The van der Waals surface area contributed by atoms with Crippen LogP contribution in [0.3, 0.4) is 0 Å². The van der Waals surface area contributed by atoms with E-state index in [0.717, 1.165) is 77.3 Å². The van der Waals surface area contributed by atoms with E-state index in [-0.39, 0.29) is 36.7 Å². The summed E-state index contributed by atoms with van der Waals surface area (Å²) in [4.78, 5) is 56.1. The van der Waals surface area contributed by atoms with E-state index in [1.54, 1.807) is 7.11 Å². The lowest BCUT2D eigenvalue weighted by Crippen LogP contribution is -2.67. The predicted octanol–water partition coefficient (Wildman–Crippen LogP) is 4.03. The highest BCUT2D eigenvalue weighted by Gasteiger charge is 2.46. The number of carbonyl (C=O) groups excluding carboxylic acids is 3. The second-order valence-electron chi connectivity index (χ2n) is 17.2. The Bertz CT molecular complexity index is 2160. The first-order valence-corrected chi connectivity index (χ1v) is 21.5. The summed E-state index contributed by atoms with van der Waals surface area (Å²) in [5, 5.41) is 6.82. The van der Waals surface area contributed by atoms with Gasteiger partial charge in [-0.25, -0.2) is 10.4 Å². The molecule has 1 aromatic carbocycles. The molecule has 3 radical (unpaired) electrons. The first-order chi connectivity index (χ1) is 27.3. The fourth-order valence-corrected chi connectivity index (χ4v) is 9.89. The Kier molecular flexibility index (Phi) is 11.1. The van der Waals surface area contributed by atoms with Gasteiger partial charge in [-0.2, -0.15) is 0 Å². The van der Waals surface area contributed by atoms with Gasteiger partial charge in [0, 0.05) is 97.7 Å². The highest BCUT2D eigenvalue weighted by atomic mass is 32.1. The number of likely N-dealkylation sites (N-methyl/N-ethyl adjacent to an activating group) is 1. The molecular formula is C42H53N8O5SSi. The van der Waals surface area contributed by atoms with Crippen molar-refractivity contribution in [1.82, 2.24) is 35.2 Å². The van der Waals surface area contributed by atoms with Crippen molar-refractivity contribution in [3.63, 3.8) is 0 Å². The molecule has 57 heavy (non-hydrogen) atoms. The minimum absolute atomic E-state index is 0.128. The summed E-state index contributed by atoms with van der Waals surface area (Å²) < 4.78 is 14.1. The summed E-state index contributed by atoms with van der Waals surface area (Å²) >= 11 is 1.46. The maximum Gasteiger partial charge on any atom is 0.324 e. The number of rotatable bonds is 7. The van der Waals surface area contributed by atoms with Crippen LogP contribution in [-0.4, -0.2) is 124 Å². The monoisotopic (exact) mass is 809 g/mol. The van der Waals surface area contributed by atoms with Crippen LogP contribution in [0.25, 0.3) is 33.4 Å². The van der Waals surface area contributed by atoms with Crippen molar-refractivity contribution in [1.29, 1.82) is 0 Å². The molecule has 3 aromatic heterocycles. The largest absolute Gasteiger partial charge is 0.464 e. The lowest BCUT2D eigenvalue weighted by molar-refractivity contribution is -0.156. The lowest BCUT2D eigenvalue weighted by Gasteiger charge is -2.39.